The highest BCUT2D eigenvalue weighted by molar-refractivity contribution is 7.12. The summed E-state index contributed by atoms with van der Waals surface area (Å²) < 4.78 is 12.6. The summed E-state index contributed by atoms with van der Waals surface area (Å²) in [5.74, 6) is -0.395. The average molecular weight is 384 g/mol. The average Bonchev–Trinajstić information content (AvgIpc) is 3.28. The number of aryl methyl sites for hydroxylation is 1. The Morgan fingerprint density at radius 1 is 1.19 bits per heavy atom. The van der Waals surface area contributed by atoms with Crippen molar-refractivity contribution in [2.75, 3.05) is 13.2 Å². The number of rotatable bonds is 7. The first-order chi connectivity index (χ1) is 13.0. The van der Waals surface area contributed by atoms with Gasteiger partial charge in [0.1, 0.15) is 11.3 Å². The molecular formula is C20H20N2O4S. The van der Waals surface area contributed by atoms with Crippen LogP contribution in [0.4, 0.5) is 0 Å². The van der Waals surface area contributed by atoms with Crippen molar-refractivity contribution < 1.29 is 19.1 Å². The standard InChI is InChI=1S/C20H20N2O4S/c1-4-25-18-8-6-5-7-15(18)19(24)26-12-17(23)16-11-13(2)22(14(16)3)20-21-9-10-27-20/h5-11H,4,12H2,1-3H3. The Kier molecular flexibility index (Phi) is 5.71. The predicted molar refractivity (Wildman–Crippen MR) is 103 cm³/mol. The van der Waals surface area contributed by atoms with Gasteiger partial charge in [0.25, 0.3) is 0 Å². The van der Waals surface area contributed by atoms with Gasteiger partial charge in [-0.25, -0.2) is 9.78 Å². The molecule has 140 valence electrons. The van der Waals surface area contributed by atoms with Crippen LogP contribution in [0.3, 0.4) is 0 Å². The zero-order valence-corrected chi connectivity index (χ0v) is 16.2. The first kappa shape index (κ1) is 18.8. The van der Waals surface area contributed by atoms with Crippen LogP contribution in [0.25, 0.3) is 5.13 Å². The van der Waals surface area contributed by atoms with Crippen molar-refractivity contribution >= 4 is 23.1 Å². The van der Waals surface area contributed by atoms with E-state index in [0.717, 1.165) is 16.5 Å². The zero-order valence-electron chi connectivity index (χ0n) is 15.4. The highest BCUT2D eigenvalue weighted by atomic mass is 32.1. The molecule has 0 unspecified atom stereocenters. The van der Waals surface area contributed by atoms with Gasteiger partial charge in [-0.2, -0.15) is 0 Å². The second kappa shape index (κ2) is 8.18. The molecule has 2 heterocycles. The van der Waals surface area contributed by atoms with Gasteiger partial charge in [0.15, 0.2) is 11.7 Å². The van der Waals surface area contributed by atoms with E-state index in [9.17, 15) is 9.59 Å². The Morgan fingerprint density at radius 2 is 1.96 bits per heavy atom. The number of Topliss-reactive ketones (excluding diaryl/α,β-unsaturated/α-hetero) is 1. The van der Waals surface area contributed by atoms with E-state index in [1.807, 2.05) is 30.7 Å². The Morgan fingerprint density at radius 3 is 2.67 bits per heavy atom. The molecule has 0 amide bonds. The molecule has 2 aromatic heterocycles. The van der Waals surface area contributed by atoms with Gasteiger partial charge in [0.2, 0.25) is 5.78 Å². The van der Waals surface area contributed by atoms with E-state index >= 15 is 0 Å². The number of thiazole rings is 1. The normalized spacial score (nSPS) is 10.6. The lowest BCUT2D eigenvalue weighted by Crippen LogP contribution is -2.15. The van der Waals surface area contributed by atoms with E-state index < -0.39 is 5.97 Å². The van der Waals surface area contributed by atoms with E-state index in [-0.39, 0.29) is 12.4 Å². The summed E-state index contributed by atoms with van der Waals surface area (Å²) in [6.07, 6.45) is 1.72. The Hall–Kier alpha value is -2.93. The second-order valence-electron chi connectivity index (χ2n) is 5.86. The monoisotopic (exact) mass is 384 g/mol. The van der Waals surface area contributed by atoms with Crippen molar-refractivity contribution in [2.45, 2.75) is 20.8 Å². The summed E-state index contributed by atoms with van der Waals surface area (Å²) in [6, 6.07) is 8.61. The molecule has 0 atom stereocenters. The smallest absolute Gasteiger partial charge is 0.342 e. The van der Waals surface area contributed by atoms with Crippen LogP contribution in [0, 0.1) is 13.8 Å². The number of aromatic nitrogens is 2. The number of para-hydroxylation sites is 1. The molecule has 0 saturated heterocycles. The number of esters is 1. The summed E-state index contributed by atoms with van der Waals surface area (Å²) in [5, 5.41) is 2.68. The summed E-state index contributed by atoms with van der Waals surface area (Å²) >= 11 is 1.49. The lowest BCUT2D eigenvalue weighted by atomic mass is 10.1. The van der Waals surface area contributed by atoms with Gasteiger partial charge in [0.05, 0.1) is 6.61 Å². The van der Waals surface area contributed by atoms with Gasteiger partial charge in [-0.15, -0.1) is 11.3 Å². The fourth-order valence-corrected chi connectivity index (χ4v) is 3.62. The fourth-order valence-electron chi connectivity index (χ4n) is 2.87. The van der Waals surface area contributed by atoms with Crippen molar-refractivity contribution in [3.8, 4) is 10.9 Å². The van der Waals surface area contributed by atoms with E-state index in [2.05, 4.69) is 4.98 Å². The largest absolute Gasteiger partial charge is 0.493 e. The molecule has 3 rings (SSSR count). The number of hydrogen-bond donors (Lipinski definition) is 0. The van der Waals surface area contributed by atoms with E-state index in [4.69, 9.17) is 9.47 Å². The van der Waals surface area contributed by atoms with Crippen molar-refractivity contribution in [3.63, 3.8) is 0 Å². The highest BCUT2D eigenvalue weighted by Crippen LogP contribution is 2.23. The minimum atomic E-state index is -0.582. The number of ether oxygens (including phenoxy) is 2. The molecule has 1 aromatic carbocycles. The lowest BCUT2D eigenvalue weighted by Gasteiger charge is -2.09. The number of carbonyl (C=O) groups is 2. The zero-order chi connectivity index (χ0) is 19.4. The molecule has 0 bridgehead atoms. The molecule has 3 aromatic rings. The predicted octanol–water partition coefficient (Wildman–Crippen LogP) is 3.99. The molecule has 7 heteroatoms. The van der Waals surface area contributed by atoms with Crippen LogP contribution >= 0.6 is 11.3 Å². The summed E-state index contributed by atoms with van der Waals surface area (Å²) in [6.45, 7) is 5.71. The topological polar surface area (TPSA) is 70.4 Å². The molecule has 6 nitrogen and oxygen atoms in total. The third-order valence-electron chi connectivity index (χ3n) is 4.08. The van der Waals surface area contributed by atoms with Crippen LogP contribution in [-0.4, -0.2) is 34.5 Å². The van der Waals surface area contributed by atoms with E-state index in [1.165, 1.54) is 11.3 Å². The van der Waals surface area contributed by atoms with E-state index in [1.54, 1.807) is 36.5 Å². The Bertz CT molecular complexity index is 961. The third-order valence-corrected chi connectivity index (χ3v) is 4.84. The van der Waals surface area contributed by atoms with Crippen molar-refractivity contribution in [1.29, 1.82) is 0 Å². The molecular weight excluding hydrogens is 364 g/mol. The van der Waals surface area contributed by atoms with Crippen LogP contribution in [0.15, 0.2) is 41.9 Å². The van der Waals surface area contributed by atoms with Crippen LogP contribution in [-0.2, 0) is 4.74 Å². The molecule has 0 aliphatic heterocycles. The molecule has 0 aliphatic rings. The quantitative estimate of drug-likeness (QED) is 0.455. The number of benzene rings is 1. The molecule has 0 N–H and O–H groups in total. The van der Waals surface area contributed by atoms with Crippen molar-refractivity contribution in [2.24, 2.45) is 0 Å². The first-order valence-corrected chi connectivity index (χ1v) is 9.41. The molecule has 0 spiro atoms. The van der Waals surface area contributed by atoms with E-state index in [0.29, 0.717) is 23.5 Å². The van der Waals surface area contributed by atoms with Crippen LogP contribution in [0.5, 0.6) is 5.75 Å². The minimum Gasteiger partial charge on any atom is -0.493 e. The van der Waals surface area contributed by atoms with Gasteiger partial charge in [-0.3, -0.25) is 9.36 Å². The summed E-state index contributed by atoms with van der Waals surface area (Å²) in [4.78, 5) is 29.3. The van der Waals surface area contributed by atoms with Gasteiger partial charge < -0.3 is 9.47 Å². The molecule has 0 fully saturated rings. The summed E-state index contributed by atoms with van der Waals surface area (Å²) in [5.41, 5.74) is 2.51. The fraction of sp³-hybridized carbons (Fsp3) is 0.250. The number of ketones is 1. The van der Waals surface area contributed by atoms with Gasteiger partial charge in [0, 0.05) is 28.5 Å². The molecule has 27 heavy (non-hydrogen) atoms. The molecule has 0 aliphatic carbocycles. The minimum absolute atomic E-state index is 0.256. The maximum absolute atomic E-state index is 12.6. The summed E-state index contributed by atoms with van der Waals surface area (Å²) in [7, 11) is 0. The van der Waals surface area contributed by atoms with Gasteiger partial charge >= 0.3 is 5.97 Å². The number of carbonyl (C=O) groups excluding carboxylic acids is 2. The van der Waals surface area contributed by atoms with Crippen molar-refractivity contribution in [1.82, 2.24) is 9.55 Å². The second-order valence-corrected chi connectivity index (χ2v) is 6.74. The van der Waals surface area contributed by atoms with Crippen LogP contribution in [0.1, 0.15) is 39.0 Å². The first-order valence-electron chi connectivity index (χ1n) is 8.53. The van der Waals surface area contributed by atoms with Gasteiger partial charge in [-0.1, -0.05) is 12.1 Å². The highest BCUT2D eigenvalue weighted by Gasteiger charge is 2.20. The van der Waals surface area contributed by atoms with Gasteiger partial charge in [-0.05, 0) is 39.0 Å². The lowest BCUT2D eigenvalue weighted by molar-refractivity contribution is 0.0470. The van der Waals surface area contributed by atoms with Crippen molar-refractivity contribution in [3.05, 3.63) is 64.4 Å². The SMILES string of the molecule is CCOc1ccccc1C(=O)OCC(=O)c1cc(C)n(-c2nccs2)c1C. The molecule has 0 saturated carbocycles. The Labute approximate surface area is 161 Å². The molecule has 0 radical (unpaired) electrons. The Balaban J connectivity index is 1.74. The number of hydrogen-bond acceptors (Lipinski definition) is 6. The number of nitrogens with zero attached hydrogens (tertiary/aromatic N) is 2. The van der Waals surface area contributed by atoms with Crippen LogP contribution < -0.4 is 4.74 Å². The third kappa shape index (κ3) is 3.93. The maximum Gasteiger partial charge on any atom is 0.342 e. The van der Waals surface area contributed by atoms with Crippen LogP contribution in [0.2, 0.25) is 0 Å². The maximum atomic E-state index is 12.6.